The molecular weight excluding hydrogens is 325 g/mol. The number of hydrogen-bond donors (Lipinski definition) is 0. The lowest BCUT2D eigenvalue weighted by atomic mass is 9.78. The number of carbonyl (C=O) groups is 1. The topological polar surface area (TPSA) is 38.8 Å². The minimum absolute atomic E-state index is 0.250. The summed E-state index contributed by atoms with van der Waals surface area (Å²) in [7, 11) is -0.363. The normalized spacial score (nSPS) is 21.3. The van der Waals surface area contributed by atoms with E-state index in [9.17, 15) is 4.79 Å². The Bertz CT molecular complexity index is 651. The van der Waals surface area contributed by atoms with Crippen LogP contribution in [-0.2, 0) is 20.6 Å². The van der Waals surface area contributed by atoms with Gasteiger partial charge in [0, 0.05) is 19.0 Å². The summed E-state index contributed by atoms with van der Waals surface area (Å²) in [6.07, 6.45) is 2.09. The van der Waals surface area contributed by atoms with E-state index >= 15 is 0 Å². The molecule has 1 saturated carbocycles. The third-order valence-corrected chi connectivity index (χ3v) is 5.67. The van der Waals surface area contributed by atoms with E-state index in [2.05, 4.69) is 53.7 Å². The van der Waals surface area contributed by atoms with E-state index in [1.165, 1.54) is 0 Å². The van der Waals surface area contributed by atoms with E-state index in [4.69, 9.17) is 9.31 Å². The van der Waals surface area contributed by atoms with Crippen LogP contribution in [0.3, 0.4) is 0 Å². The molecule has 26 heavy (non-hydrogen) atoms. The van der Waals surface area contributed by atoms with Crippen LogP contribution in [0.4, 0.5) is 0 Å². The quantitative estimate of drug-likeness (QED) is 0.733. The van der Waals surface area contributed by atoms with Gasteiger partial charge in [0.2, 0.25) is 5.91 Å². The maximum atomic E-state index is 12.6. The van der Waals surface area contributed by atoms with Crippen LogP contribution in [0, 0.1) is 11.8 Å². The van der Waals surface area contributed by atoms with Crippen molar-refractivity contribution in [1.82, 2.24) is 4.90 Å². The molecule has 0 bridgehead atoms. The van der Waals surface area contributed by atoms with E-state index in [-0.39, 0.29) is 24.2 Å². The summed E-state index contributed by atoms with van der Waals surface area (Å²) in [6, 6.07) is 8.28. The third-order valence-electron chi connectivity index (χ3n) is 5.67. The molecule has 1 aliphatic heterocycles. The predicted octanol–water partition coefficient (Wildman–Crippen LogP) is 3.38. The third kappa shape index (κ3) is 4.15. The van der Waals surface area contributed by atoms with Crippen LogP contribution in [0.15, 0.2) is 24.3 Å². The van der Waals surface area contributed by atoms with E-state index in [0.717, 1.165) is 30.4 Å². The van der Waals surface area contributed by atoms with Crippen LogP contribution in [0.25, 0.3) is 0 Å². The minimum atomic E-state index is -0.363. The van der Waals surface area contributed by atoms with Gasteiger partial charge < -0.3 is 14.2 Å². The van der Waals surface area contributed by atoms with Crippen molar-refractivity contribution in [3.05, 3.63) is 29.8 Å². The molecule has 5 heteroatoms. The first-order valence-electron chi connectivity index (χ1n) is 9.82. The van der Waals surface area contributed by atoms with Gasteiger partial charge in [0.25, 0.3) is 0 Å². The van der Waals surface area contributed by atoms with Crippen LogP contribution in [-0.4, -0.2) is 35.7 Å². The molecule has 2 aliphatic rings. The molecule has 1 aromatic rings. The molecule has 0 unspecified atom stereocenters. The maximum absolute atomic E-state index is 12.6. The summed E-state index contributed by atoms with van der Waals surface area (Å²) in [6.45, 7) is 14.0. The molecule has 0 N–H and O–H groups in total. The van der Waals surface area contributed by atoms with Crippen molar-refractivity contribution in [1.29, 1.82) is 0 Å². The van der Waals surface area contributed by atoms with Crippen molar-refractivity contribution in [3.63, 3.8) is 0 Å². The van der Waals surface area contributed by atoms with Crippen molar-refractivity contribution in [2.24, 2.45) is 11.8 Å². The lowest BCUT2D eigenvalue weighted by molar-refractivity contribution is -0.133. The highest BCUT2D eigenvalue weighted by Crippen LogP contribution is 2.36. The first-order chi connectivity index (χ1) is 12.1. The Hall–Kier alpha value is -1.33. The van der Waals surface area contributed by atoms with Crippen LogP contribution in [0.2, 0.25) is 0 Å². The number of benzene rings is 1. The van der Waals surface area contributed by atoms with Crippen molar-refractivity contribution >= 4 is 18.5 Å². The smallest absolute Gasteiger partial charge is 0.399 e. The highest BCUT2D eigenvalue weighted by Gasteiger charge is 2.51. The van der Waals surface area contributed by atoms with E-state index in [0.29, 0.717) is 18.4 Å². The SMILES string of the molecule is CC(C)CN(Cc1cccc(B2OC(C)(C)C(C)(C)O2)c1)C(=O)C1CC1. The monoisotopic (exact) mass is 357 g/mol. The average molecular weight is 357 g/mol. The molecule has 1 aliphatic carbocycles. The van der Waals surface area contributed by atoms with Crippen LogP contribution in [0.1, 0.15) is 59.9 Å². The van der Waals surface area contributed by atoms with Gasteiger partial charge in [0.1, 0.15) is 0 Å². The highest BCUT2D eigenvalue weighted by atomic mass is 16.7. The molecule has 1 aromatic carbocycles. The van der Waals surface area contributed by atoms with E-state index in [1.54, 1.807) is 0 Å². The lowest BCUT2D eigenvalue weighted by Gasteiger charge is -2.32. The van der Waals surface area contributed by atoms with Gasteiger partial charge in [-0.05, 0) is 57.5 Å². The Balaban J connectivity index is 1.75. The van der Waals surface area contributed by atoms with Gasteiger partial charge in [-0.25, -0.2) is 0 Å². The lowest BCUT2D eigenvalue weighted by Crippen LogP contribution is -2.41. The molecule has 2 fully saturated rings. The van der Waals surface area contributed by atoms with Gasteiger partial charge in [-0.3, -0.25) is 4.79 Å². The van der Waals surface area contributed by atoms with E-state index in [1.807, 2.05) is 17.0 Å². The van der Waals surface area contributed by atoms with Gasteiger partial charge in [-0.1, -0.05) is 38.1 Å². The minimum Gasteiger partial charge on any atom is -0.399 e. The summed E-state index contributed by atoms with van der Waals surface area (Å²) in [4.78, 5) is 14.7. The number of hydrogen-bond acceptors (Lipinski definition) is 3. The van der Waals surface area contributed by atoms with Gasteiger partial charge in [0.15, 0.2) is 0 Å². The molecule has 1 amide bonds. The zero-order valence-corrected chi connectivity index (χ0v) is 17.0. The molecule has 1 saturated heterocycles. The largest absolute Gasteiger partial charge is 0.494 e. The standard InChI is InChI=1S/C21H32BNO3/c1-15(2)13-23(19(24)17-10-11-17)14-16-8-7-9-18(12-16)22-25-20(3,4)21(5,6)26-22/h7-9,12,15,17H,10-11,13-14H2,1-6H3. The van der Waals surface area contributed by atoms with Gasteiger partial charge in [-0.2, -0.15) is 0 Å². The molecule has 3 rings (SSSR count). The summed E-state index contributed by atoms with van der Waals surface area (Å²) < 4.78 is 12.3. The molecule has 4 nitrogen and oxygen atoms in total. The van der Waals surface area contributed by atoms with Crippen molar-refractivity contribution < 1.29 is 14.1 Å². The molecule has 0 radical (unpaired) electrons. The van der Waals surface area contributed by atoms with Gasteiger partial charge in [-0.15, -0.1) is 0 Å². The zero-order valence-electron chi connectivity index (χ0n) is 17.0. The first kappa shape index (κ1) is 19.4. The summed E-state index contributed by atoms with van der Waals surface area (Å²) >= 11 is 0. The second-order valence-electron chi connectivity index (χ2n) is 9.22. The van der Waals surface area contributed by atoms with Crippen LogP contribution >= 0.6 is 0 Å². The fourth-order valence-corrected chi connectivity index (χ4v) is 3.30. The Kier molecular flexibility index (Phi) is 5.24. The Morgan fingerprint density at radius 3 is 2.35 bits per heavy atom. The molecule has 0 aromatic heterocycles. The van der Waals surface area contributed by atoms with Crippen LogP contribution < -0.4 is 5.46 Å². The van der Waals surface area contributed by atoms with Crippen LogP contribution in [0.5, 0.6) is 0 Å². The second-order valence-corrected chi connectivity index (χ2v) is 9.22. The molecule has 0 spiro atoms. The second kappa shape index (κ2) is 7.01. The Morgan fingerprint density at radius 2 is 1.81 bits per heavy atom. The fraction of sp³-hybridized carbons (Fsp3) is 0.667. The molecular formula is C21H32BNO3. The number of rotatable bonds is 6. The summed E-state index contributed by atoms with van der Waals surface area (Å²) in [5, 5.41) is 0. The number of amides is 1. The highest BCUT2D eigenvalue weighted by molar-refractivity contribution is 6.62. The first-order valence-corrected chi connectivity index (χ1v) is 9.82. The van der Waals surface area contributed by atoms with Crippen molar-refractivity contribution in [2.45, 2.75) is 72.1 Å². The van der Waals surface area contributed by atoms with Gasteiger partial charge >= 0.3 is 7.12 Å². The summed E-state index contributed by atoms with van der Waals surface area (Å²) in [5.41, 5.74) is 1.45. The molecule has 0 atom stereocenters. The van der Waals surface area contributed by atoms with Gasteiger partial charge in [0.05, 0.1) is 11.2 Å². The zero-order chi connectivity index (χ0) is 19.1. The maximum Gasteiger partial charge on any atom is 0.494 e. The number of carbonyl (C=O) groups excluding carboxylic acids is 1. The van der Waals surface area contributed by atoms with Crippen molar-refractivity contribution in [3.8, 4) is 0 Å². The predicted molar refractivity (Wildman–Crippen MR) is 105 cm³/mol. The molecule has 142 valence electrons. The molecule has 1 heterocycles. The van der Waals surface area contributed by atoms with E-state index < -0.39 is 0 Å². The summed E-state index contributed by atoms with van der Waals surface area (Å²) in [5.74, 6) is 1.02. The van der Waals surface area contributed by atoms with Crippen molar-refractivity contribution in [2.75, 3.05) is 6.54 Å². The Labute approximate surface area is 158 Å². The number of nitrogens with zero attached hydrogens (tertiary/aromatic N) is 1. The average Bonchev–Trinajstić information content (AvgIpc) is 3.34. The Morgan fingerprint density at radius 1 is 1.19 bits per heavy atom. The fourth-order valence-electron chi connectivity index (χ4n) is 3.30.